The van der Waals surface area contributed by atoms with Crippen molar-refractivity contribution in [1.29, 1.82) is 0 Å². The van der Waals surface area contributed by atoms with Crippen LogP contribution < -0.4 is 10.5 Å². The molecule has 4 heteroatoms. The lowest BCUT2D eigenvalue weighted by atomic mass is 9.97. The van der Waals surface area contributed by atoms with Crippen molar-refractivity contribution in [3.05, 3.63) is 47.4 Å². The first-order chi connectivity index (χ1) is 9.86. The summed E-state index contributed by atoms with van der Waals surface area (Å²) in [6.07, 6.45) is 6.93. The summed E-state index contributed by atoms with van der Waals surface area (Å²) in [5.74, 6) is 1.53. The molecule has 1 heterocycles. The Morgan fingerprint density at radius 1 is 1.05 bits per heavy atom. The predicted octanol–water partition coefficient (Wildman–Crippen LogP) is 2.65. The highest BCUT2D eigenvalue weighted by Gasteiger charge is 2.16. The van der Waals surface area contributed by atoms with Crippen molar-refractivity contribution < 1.29 is 4.74 Å². The first kappa shape index (κ1) is 13.1. The molecule has 0 atom stereocenters. The Morgan fingerprint density at radius 2 is 1.85 bits per heavy atom. The summed E-state index contributed by atoms with van der Waals surface area (Å²) in [5, 5.41) is 0. The van der Waals surface area contributed by atoms with Gasteiger partial charge in [0.25, 0.3) is 0 Å². The highest BCUT2D eigenvalue weighted by molar-refractivity contribution is 5.36. The minimum Gasteiger partial charge on any atom is -0.439 e. The largest absolute Gasteiger partial charge is 0.439 e. The summed E-state index contributed by atoms with van der Waals surface area (Å²) in [6.45, 7) is 0.666. The molecule has 20 heavy (non-hydrogen) atoms. The van der Waals surface area contributed by atoms with Crippen LogP contribution in [0, 0.1) is 0 Å². The maximum Gasteiger partial charge on any atom is 0.225 e. The average molecular weight is 269 g/mol. The number of nitrogens with two attached hydrogens (primary N) is 1. The van der Waals surface area contributed by atoms with Crippen molar-refractivity contribution in [2.45, 2.75) is 32.1 Å². The minimum absolute atomic E-state index is 0.666. The van der Waals surface area contributed by atoms with Crippen LogP contribution in [0.5, 0.6) is 11.6 Å². The van der Waals surface area contributed by atoms with Gasteiger partial charge in [0.2, 0.25) is 5.88 Å². The Labute approximate surface area is 119 Å². The summed E-state index contributed by atoms with van der Waals surface area (Å²) in [6, 6.07) is 8.05. The van der Waals surface area contributed by atoms with E-state index in [9.17, 15) is 0 Å². The number of hydrogen-bond donors (Lipinski definition) is 1. The standard InChI is InChI=1S/C16H19N3O/c17-10-9-12-5-7-13(8-6-12)20-16-14-3-1-2-4-15(14)18-11-19-16/h5-8,11H,1-4,9-10,17H2. The quantitative estimate of drug-likeness (QED) is 0.927. The minimum atomic E-state index is 0.666. The van der Waals surface area contributed by atoms with E-state index in [4.69, 9.17) is 10.5 Å². The molecule has 0 unspecified atom stereocenters. The highest BCUT2D eigenvalue weighted by atomic mass is 16.5. The third-order valence-electron chi connectivity index (χ3n) is 3.66. The fraction of sp³-hybridized carbons (Fsp3) is 0.375. The Kier molecular flexibility index (Phi) is 3.92. The fourth-order valence-corrected chi connectivity index (χ4v) is 2.58. The van der Waals surface area contributed by atoms with Gasteiger partial charge in [0, 0.05) is 5.56 Å². The van der Waals surface area contributed by atoms with E-state index in [1.165, 1.54) is 24.0 Å². The summed E-state index contributed by atoms with van der Waals surface area (Å²) >= 11 is 0. The monoisotopic (exact) mass is 269 g/mol. The van der Waals surface area contributed by atoms with Crippen molar-refractivity contribution in [2.75, 3.05) is 6.54 Å². The molecule has 3 rings (SSSR count). The van der Waals surface area contributed by atoms with Crippen LogP contribution in [-0.2, 0) is 19.3 Å². The molecule has 0 saturated heterocycles. The van der Waals surface area contributed by atoms with E-state index in [0.29, 0.717) is 12.4 Å². The molecule has 4 nitrogen and oxygen atoms in total. The normalized spacial score (nSPS) is 13.8. The molecule has 0 aliphatic heterocycles. The van der Waals surface area contributed by atoms with Gasteiger partial charge in [-0.1, -0.05) is 12.1 Å². The van der Waals surface area contributed by atoms with Crippen LogP contribution in [0.3, 0.4) is 0 Å². The number of ether oxygens (including phenoxy) is 1. The summed E-state index contributed by atoms with van der Waals surface area (Å²) < 4.78 is 5.93. The van der Waals surface area contributed by atoms with Crippen LogP contribution >= 0.6 is 0 Å². The third kappa shape index (κ3) is 2.80. The number of aryl methyl sites for hydroxylation is 1. The summed E-state index contributed by atoms with van der Waals surface area (Å²) in [5.41, 5.74) is 9.09. The topological polar surface area (TPSA) is 61.0 Å². The Hall–Kier alpha value is -1.94. The first-order valence-electron chi connectivity index (χ1n) is 7.16. The van der Waals surface area contributed by atoms with Gasteiger partial charge in [-0.05, 0) is 56.3 Å². The lowest BCUT2D eigenvalue weighted by Crippen LogP contribution is -2.08. The molecular formula is C16H19N3O. The molecule has 1 aliphatic carbocycles. The second kappa shape index (κ2) is 6.01. The summed E-state index contributed by atoms with van der Waals surface area (Å²) in [7, 11) is 0. The zero-order chi connectivity index (χ0) is 13.8. The fourth-order valence-electron chi connectivity index (χ4n) is 2.58. The van der Waals surface area contributed by atoms with E-state index in [2.05, 4.69) is 22.1 Å². The third-order valence-corrected chi connectivity index (χ3v) is 3.66. The van der Waals surface area contributed by atoms with Gasteiger partial charge in [0.15, 0.2) is 0 Å². The number of fused-ring (bicyclic) bond motifs is 1. The van der Waals surface area contributed by atoms with Gasteiger partial charge in [-0.3, -0.25) is 0 Å². The van der Waals surface area contributed by atoms with Crippen LogP contribution in [0.2, 0.25) is 0 Å². The maximum atomic E-state index is 5.93. The van der Waals surface area contributed by atoms with Gasteiger partial charge in [0.1, 0.15) is 12.1 Å². The van der Waals surface area contributed by atoms with E-state index in [1.807, 2.05) is 12.1 Å². The van der Waals surface area contributed by atoms with E-state index in [1.54, 1.807) is 6.33 Å². The van der Waals surface area contributed by atoms with Gasteiger partial charge >= 0.3 is 0 Å². The van der Waals surface area contributed by atoms with Crippen LogP contribution in [0.15, 0.2) is 30.6 Å². The van der Waals surface area contributed by atoms with Crippen molar-refractivity contribution >= 4 is 0 Å². The first-order valence-corrected chi connectivity index (χ1v) is 7.16. The molecule has 0 bridgehead atoms. The maximum absolute atomic E-state index is 5.93. The molecule has 2 aromatic rings. The number of benzene rings is 1. The SMILES string of the molecule is NCCc1ccc(Oc2ncnc3c2CCCC3)cc1. The van der Waals surface area contributed by atoms with E-state index < -0.39 is 0 Å². The highest BCUT2D eigenvalue weighted by Crippen LogP contribution is 2.29. The van der Waals surface area contributed by atoms with E-state index in [0.717, 1.165) is 30.7 Å². The zero-order valence-corrected chi connectivity index (χ0v) is 11.5. The van der Waals surface area contributed by atoms with Gasteiger partial charge in [-0.15, -0.1) is 0 Å². The smallest absolute Gasteiger partial charge is 0.225 e. The molecule has 0 spiro atoms. The lowest BCUT2D eigenvalue weighted by molar-refractivity contribution is 0.447. The van der Waals surface area contributed by atoms with Gasteiger partial charge in [-0.25, -0.2) is 9.97 Å². The van der Waals surface area contributed by atoms with E-state index >= 15 is 0 Å². The molecule has 2 N–H and O–H groups in total. The second-order valence-electron chi connectivity index (χ2n) is 5.10. The van der Waals surface area contributed by atoms with E-state index in [-0.39, 0.29) is 0 Å². The number of nitrogens with zero attached hydrogens (tertiary/aromatic N) is 2. The lowest BCUT2D eigenvalue weighted by Gasteiger charge is -2.17. The van der Waals surface area contributed by atoms with Gasteiger partial charge < -0.3 is 10.5 Å². The zero-order valence-electron chi connectivity index (χ0n) is 11.5. The van der Waals surface area contributed by atoms with Crippen molar-refractivity contribution in [3.63, 3.8) is 0 Å². The molecule has 0 saturated carbocycles. The number of rotatable bonds is 4. The molecule has 104 valence electrons. The average Bonchev–Trinajstić information content (AvgIpc) is 2.50. The van der Waals surface area contributed by atoms with Gasteiger partial charge in [0.05, 0.1) is 5.69 Å². The van der Waals surface area contributed by atoms with Crippen LogP contribution in [0.25, 0.3) is 0 Å². The van der Waals surface area contributed by atoms with Crippen molar-refractivity contribution in [3.8, 4) is 11.6 Å². The molecule has 1 aliphatic rings. The van der Waals surface area contributed by atoms with Crippen LogP contribution in [-0.4, -0.2) is 16.5 Å². The van der Waals surface area contributed by atoms with Crippen molar-refractivity contribution in [1.82, 2.24) is 9.97 Å². The van der Waals surface area contributed by atoms with Crippen LogP contribution in [0.4, 0.5) is 0 Å². The summed E-state index contributed by atoms with van der Waals surface area (Å²) in [4.78, 5) is 8.65. The number of aromatic nitrogens is 2. The molecular weight excluding hydrogens is 250 g/mol. The Morgan fingerprint density at radius 3 is 2.65 bits per heavy atom. The number of hydrogen-bond acceptors (Lipinski definition) is 4. The van der Waals surface area contributed by atoms with Crippen LogP contribution in [0.1, 0.15) is 29.7 Å². The Bertz CT molecular complexity index is 581. The molecule has 0 fully saturated rings. The Balaban J connectivity index is 1.80. The molecule has 0 amide bonds. The molecule has 1 aromatic carbocycles. The predicted molar refractivity (Wildman–Crippen MR) is 77.9 cm³/mol. The van der Waals surface area contributed by atoms with Crippen molar-refractivity contribution in [2.24, 2.45) is 5.73 Å². The molecule has 0 radical (unpaired) electrons. The second-order valence-corrected chi connectivity index (χ2v) is 5.10. The molecule has 1 aromatic heterocycles. The van der Waals surface area contributed by atoms with Gasteiger partial charge in [-0.2, -0.15) is 0 Å².